The zero-order valence-corrected chi connectivity index (χ0v) is 23.6. The summed E-state index contributed by atoms with van der Waals surface area (Å²) < 4.78 is 31.6. The van der Waals surface area contributed by atoms with E-state index in [1.54, 1.807) is 29.2 Å². The highest BCUT2D eigenvalue weighted by Gasteiger charge is 2.30. The minimum absolute atomic E-state index is 0.102. The molecule has 1 saturated carbocycles. The molecule has 2 aromatic rings. The lowest BCUT2D eigenvalue weighted by Crippen LogP contribution is -2.52. The zero-order valence-electron chi connectivity index (χ0n) is 22.8. The Kier molecular flexibility index (Phi) is 11.0. The molecule has 1 aliphatic rings. The fourth-order valence-electron chi connectivity index (χ4n) is 5.03. The second-order valence-electron chi connectivity index (χ2n) is 9.88. The normalized spacial score (nSPS) is 14.6. The Morgan fingerprint density at radius 1 is 1.05 bits per heavy atom. The number of hydrogen-bond acceptors (Lipinski definition) is 5. The van der Waals surface area contributed by atoms with E-state index in [-0.39, 0.29) is 30.8 Å². The molecule has 0 saturated heterocycles. The first kappa shape index (κ1) is 29.5. The lowest BCUT2D eigenvalue weighted by molar-refractivity contribution is -0.141. The number of hydrogen-bond donors (Lipinski definition) is 1. The lowest BCUT2D eigenvalue weighted by Gasteiger charge is -2.32. The van der Waals surface area contributed by atoms with E-state index in [1.165, 1.54) is 11.4 Å². The van der Waals surface area contributed by atoms with Crippen LogP contribution in [0.3, 0.4) is 0 Å². The smallest absolute Gasteiger partial charge is 0.243 e. The summed E-state index contributed by atoms with van der Waals surface area (Å²) in [6, 6.07) is 16.4. The number of rotatable bonds is 14. The standard InChI is InChI=1S/C29H41N3O5S/c1-4-27(29(34)30-24-14-8-9-15-24)31(21-19-23-12-6-5-7-13-23)28(33)18-11-20-32(38(3,35)36)25-16-10-17-26(22-25)37-2/h5-7,10,12-13,16-17,22,24,27H,4,8-9,11,14-15,18-21H2,1-3H3,(H,30,34). The molecule has 9 heteroatoms. The van der Waals surface area contributed by atoms with Crippen molar-refractivity contribution in [2.24, 2.45) is 0 Å². The van der Waals surface area contributed by atoms with Crippen molar-refractivity contribution in [2.45, 2.75) is 70.4 Å². The van der Waals surface area contributed by atoms with Crippen LogP contribution in [0.4, 0.5) is 5.69 Å². The Hall–Kier alpha value is -3.07. The number of amides is 2. The van der Waals surface area contributed by atoms with Crippen molar-refractivity contribution >= 4 is 27.5 Å². The molecule has 0 aromatic heterocycles. The lowest BCUT2D eigenvalue weighted by atomic mass is 10.1. The van der Waals surface area contributed by atoms with Crippen LogP contribution in [0.25, 0.3) is 0 Å². The summed E-state index contributed by atoms with van der Waals surface area (Å²) in [6.45, 7) is 2.50. The number of ether oxygens (including phenoxy) is 1. The predicted octanol–water partition coefficient (Wildman–Crippen LogP) is 4.15. The van der Waals surface area contributed by atoms with Gasteiger partial charge in [-0.2, -0.15) is 0 Å². The Balaban J connectivity index is 1.71. The number of sulfonamides is 1. The number of nitrogens with zero attached hydrogens (tertiary/aromatic N) is 2. The SMILES string of the molecule is CCC(C(=O)NC1CCCC1)N(CCc1ccccc1)C(=O)CCCN(c1cccc(OC)c1)S(C)(=O)=O. The van der Waals surface area contributed by atoms with E-state index in [0.717, 1.165) is 37.5 Å². The monoisotopic (exact) mass is 543 g/mol. The van der Waals surface area contributed by atoms with Crippen LogP contribution in [-0.4, -0.2) is 63.7 Å². The molecule has 1 aliphatic carbocycles. The first-order valence-corrected chi connectivity index (χ1v) is 15.3. The summed E-state index contributed by atoms with van der Waals surface area (Å²) >= 11 is 0. The summed E-state index contributed by atoms with van der Waals surface area (Å²) in [5, 5.41) is 3.16. The number of carbonyl (C=O) groups excluding carboxylic acids is 2. The second kappa shape index (κ2) is 14.2. The number of anilines is 1. The van der Waals surface area contributed by atoms with Crippen LogP contribution in [-0.2, 0) is 26.0 Å². The first-order valence-electron chi connectivity index (χ1n) is 13.5. The Bertz CT molecular complexity index is 1150. The summed E-state index contributed by atoms with van der Waals surface area (Å²) in [4.78, 5) is 28.5. The van der Waals surface area contributed by atoms with Crippen molar-refractivity contribution in [1.29, 1.82) is 0 Å². The molecular weight excluding hydrogens is 502 g/mol. The van der Waals surface area contributed by atoms with Gasteiger partial charge in [0.2, 0.25) is 21.8 Å². The van der Waals surface area contributed by atoms with Crippen molar-refractivity contribution in [3.05, 3.63) is 60.2 Å². The number of benzene rings is 2. The molecule has 8 nitrogen and oxygen atoms in total. The van der Waals surface area contributed by atoms with E-state index in [4.69, 9.17) is 4.74 Å². The van der Waals surface area contributed by atoms with Gasteiger partial charge in [-0.3, -0.25) is 13.9 Å². The van der Waals surface area contributed by atoms with E-state index in [0.29, 0.717) is 37.2 Å². The minimum Gasteiger partial charge on any atom is -0.497 e. The molecule has 38 heavy (non-hydrogen) atoms. The van der Waals surface area contributed by atoms with E-state index in [1.807, 2.05) is 37.3 Å². The fraction of sp³-hybridized carbons (Fsp3) is 0.517. The van der Waals surface area contributed by atoms with Crippen LogP contribution in [0.5, 0.6) is 5.75 Å². The largest absolute Gasteiger partial charge is 0.497 e. The molecule has 2 aromatic carbocycles. The van der Waals surface area contributed by atoms with Gasteiger partial charge in [0, 0.05) is 31.6 Å². The molecule has 1 atom stereocenters. The highest BCUT2D eigenvalue weighted by molar-refractivity contribution is 7.92. The molecule has 0 heterocycles. The zero-order chi connectivity index (χ0) is 27.5. The van der Waals surface area contributed by atoms with Crippen molar-refractivity contribution in [1.82, 2.24) is 10.2 Å². The Labute approximate surface area is 227 Å². The Morgan fingerprint density at radius 2 is 1.76 bits per heavy atom. The van der Waals surface area contributed by atoms with Gasteiger partial charge in [-0.15, -0.1) is 0 Å². The van der Waals surface area contributed by atoms with E-state index < -0.39 is 16.1 Å². The molecule has 208 valence electrons. The molecule has 0 radical (unpaired) electrons. The maximum Gasteiger partial charge on any atom is 0.243 e. The number of nitrogens with one attached hydrogen (secondary N) is 1. The van der Waals surface area contributed by atoms with Crippen molar-refractivity contribution in [3.63, 3.8) is 0 Å². The average molecular weight is 544 g/mol. The van der Waals surface area contributed by atoms with E-state index in [2.05, 4.69) is 5.32 Å². The van der Waals surface area contributed by atoms with Gasteiger partial charge in [0.1, 0.15) is 11.8 Å². The topological polar surface area (TPSA) is 96.0 Å². The average Bonchev–Trinajstić information content (AvgIpc) is 3.41. The molecule has 3 rings (SSSR count). The van der Waals surface area contributed by atoms with Gasteiger partial charge in [0.25, 0.3) is 0 Å². The summed E-state index contributed by atoms with van der Waals surface area (Å²) in [5.41, 5.74) is 1.58. The maximum atomic E-state index is 13.5. The van der Waals surface area contributed by atoms with Crippen LogP contribution in [0.2, 0.25) is 0 Å². The molecule has 0 aliphatic heterocycles. The predicted molar refractivity (Wildman–Crippen MR) is 151 cm³/mol. The highest BCUT2D eigenvalue weighted by Crippen LogP contribution is 2.24. The quantitative estimate of drug-likeness (QED) is 0.386. The molecule has 1 unspecified atom stereocenters. The van der Waals surface area contributed by atoms with Crippen molar-refractivity contribution in [3.8, 4) is 5.75 Å². The van der Waals surface area contributed by atoms with E-state index >= 15 is 0 Å². The molecule has 0 bridgehead atoms. The third kappa shape index (κ3) is 8.48. The molecule has 1 fully saturated rings. The first-order chi connectivity index (χ1) is 18.2. The van der Waals surface area contributed by atoms with E-state index in [9.17, 15) is 18.0 Å². The third-order valence-corrected chi connectivity index (χ3v) is 8.26. The highest BCUT2D eigenvalue weighted by atomic mass is 32.2. The fourth-order valence-corrected chi connectivity index (χ4v) is 5.99. The van der Waals surface area contributed by atoms with Gasteiger partial charge in [0.15, 0.2) is 0 Å². The number of carbonyl (C=O) groups is 2. The van der Waals surface area contributed by atoms with Gasteiger partial charge >= 0.3 is 0 Å². The van der Waals surface area contributed by atoms with Crippen LogP contribution >= 0.6 is 0 Å². The van der Waals surface area contributed by atoms with Gasteiger partial charge in [-0.1, -0.05) is 56.2 Å². The van der Waals surface area contributed by atoms with Crippen molar-refractivity contribution < 1.29 is 22.7 Å². The Morgan fingerprint density at radius 3 is 2.39 bits per heavy atom. The second-order valence-corrected chi connectivity index (χ2v) is 11.8. The summed E-state index contributed by atoms with van der Waals surface area (Å²) in [7, 11) is -2.04. The van der Waals surface area contributed by atoms with Crippen LogP contribution in [0, 0.1) is 0 Å². The minimum atomic E-state index is -3.57. The van der Waals surface area contributed by atoms with Gasteiger partial charge in [0.05, 0.1) is 19.1 Å². The molecular formula is C29H41N3O5S. The van der Waals surface area contributed by atoms with Crippen molar-refractivity contribution in [2.75, 3.05) is 30.8 Å². The molecule has 1 N–H and O–H groups in total. The number of methoxy groups -OCH3 is 1. The van der Waals surface area contributed by atoms with Gasteiger partial charge < -0.3 is 15.0 Å². The van der Waals surface area contributed by atoms with Crippen LogP contribution < -0.4 is 14.4 Å². The third-order valence-electron chi connectivity index (χ3n) is 7.07. The maximum absolute atomic E-state index is 13.5. The molecule has 2 amide bonds. The van der Waals surface area contributed by atoms with Gasteiger partial charge in [-0.25, -0.2) is 8.42 Å². The van der Waals surface area contributed by atoms with Gasteiger partial charge in [-0.05, 0) is 49.8 Å². The molecule has 0 spiro atoms. The van der Waals surface area contributed by atoms with Crippen LogP contribution in [0.1, 0.15) is 57.4 Å². The summed E-state index contributed by atoms with van der Waals surface area (Å²) in [5.74, 6) is 0.307. The van der Waals surface area contributed by atoms with Crippen LogP contribution in [0.15, 0.2) is 54.6 Å². The summed E-state index contributed by atoms with van der Waals surface area (Å²) in [6.07, 6.45) is 6.95.